The third-order valence-electron chi connectivity index (χ3n) is 6.29. The van der Waals surface area contributed by atoms with Gasteiger partial charge in [0, 0.05) is 24.7 Å². The predicted molar refractivity (Wildman–Crippen MR) is 127 cm³/mol. The molecule has 0 bridgehead atoms. The van der Waals surface area contributed by atoms with Crippen LogP contribution in [-0.2, 0) is 14.3 Å². The molecule has 3 N–H and O–H groups in total. The van der Waals surface area contributed by atoms with Crippen molar-refractivity contribution in [2.75, 3.05) is 28.7 Å². The number of carbonyl (C=O) groups excluding carboxylic acids is 3. The van der Waals surface area contributed by atoms with Crippen molar-refractivity contribution in [2.45, 2.75) is 57.9 Å². The smallest absolute Gasteiger partial charge is 0.338 e. The number of fused-ring (bicyclic) bond motifs is 1. The zero-order chi connectivity index (χ0) is 24.2. The Labute approximate surface area is 197 Å². The van der Waals surface area contributed by atoms with Gasteiger partial charge in [-0.25, -0.2) is 4.79 Å². The third kappa shape index (κ3) is 4.80. The van der Waals surface area contributed by atoms with Crippen molar-refractivity contribution in [1.82, 2.24) is 9.97 Å². The molecule has 2 aliphatic rings. The van der Waals surface area contributed by atoms with E-state index in [-0.39, 0.29) is 36.4 Å². The number of aromatic amines is 1. The highest BCUT2D eigenvalue weighted by atomic mass is 16.5. The zero-order valence-corrected chi connectivity index (χ0v) is 19.3. The Morgan fingerprint density at radius 2 is 1.94 bits per heavy atom. The lowest BCUT2D eigenvalue weighted by Crippen LogP contribution is -2.43. The van der Waals surface area contributed by atoms with Gasteiger partial charge < -0.3 is 20.3 Å². The average molecular weight is 468 g/mol. The fraction of sp³-hybridized carbons (Fsp3) is 0.458. The molecule has 10 heteroatoms. The molecule has 1 aromatic heterocycles. The molecular weight excluding hydrogens is 438 g/mol. The summed E-state index contributed by atoms with van der Waals surface area (Å²) in [5.41, 5.74) is 0.511. The molecule has 1 aromatic carbocycles. The van der Waals surface area contributed by atoms with Gasteiger partial charge in [0.1, 0.15) is 5.82 Å². The molecule has 2 amide bonds. The number of hydrogen-bond acceptors (Lipinski definition) is 7. The highest BCUT2D eigenvalue weighted by molar-refractivity contribution is 6.04. The maximum Gasteiger partial charge on any atom is 0.338 e. The van der Waals surface area contributed by atoms with E-state index in [4.69, 9.17) is 4.74 Å². The van der Waals surface area contributed by atoms with Crippen molar-refractivity contribution in [1.29, 1.82) is 0 Å². The molecule has 4 rings (SSSR count). The van der Waals surface area contributed by atoms with Crippen LogP contribution >= 0.6 is 0 Å². The van der Waals surface area contributed by atoms with Gasteiger partial charge in [0.2, 0.25) is 17.8 Å². The van der Waals surface area contributed by atoms with E-state index in [1.807, 2.05) is 0 Å². The molecule has 2 unspecified atom stereocenters. The average Bonchev–Trinajstić information content (AvgIpc) is 2.83. The van der Waals surface area contributed by atoms with Gasteiger partial charge in [-0.3, -0.25) is 19.4 Å². The van der Waals surface area contributed by atoms with E-state index in [1.54, 1.807) is 31.2 Å². The number of nitrogens with zero attached hydrogens (tertiary/aromatic N) is 2. The number of esters is 1. The number of hydrogen-bond donors (Lipinski definition) is 3. The maximum absolute atomic E-state index is 13.1. The number of ether oxygens (including phenoxy) is 1. The van der Waals surface area contributed by atoms with Crippen molar-refractivity contribution in [3.8, 4) is 0 Å². The van der Waals surface area contributed by atoms with Crippen molar-refractivity contribution >= 4 is 35.2 Å². The summed E-state index contributed by atoms with van der Waals surface area (Å²) in [6.45, 7) is 4.86. The van der Waals surface area contributed by atoms with Crippen LogP contribution in [0.3, 0.4) is 0 Å². The number of rotatable bonds is 6. The minimum absolute atomic E-state index is 0.133. The van der Waals surface area contributed by atoms with Gasteiger partial charge in [0.05, 0.1) is 23.7 Å². The van der Waals surface area contributed by atoms with E-state index in [9.17, 15) is 19.2 Å². The van der Waals surface area contributed by atoms with Crippen LogP contribution in [0, 0.1) is 0 Å². The largest absolute Gasteiger partial charge is 0.462 e. The molecule has 0 radical (unpaired) electrons. The summed E-state index contributed by atoms with van der Waals surface area (Å²) in [6.07, 6.45) is 3.91. The number of nitrogens with one attached hydrogen (secondary N) is 3. The molecule has 1 fully saturated rings. The monoisotopic (exact) mass is 467 g/mol. The topological polar surface area (TPSA) is 133 Å². The van der Waals surface area contributed by atoms with E-state index in [0.717, 1.165) is 32.2 Å². The van der Waals surface area contributed by atoms with E-state index < -0.39 is 23.4 Å². The second-order valence-corrected chi connectivity index (χ2v) is 8.50. The number of aromatic nitrogens is 2. The summed E-state index contributed by atoms with van der Waals surface area (Å²) in [6, 6.07) is 6.49. The van der Waals surface area contributed by atoms with Crippen molar-refractivity contribution in [3.05, 3.63) is 45.7 Å². The number of anilines is 3. The van der Waals surface area contributed by atoms with Gasteiger partial charge in [-0.05, 0) is 56.9 Å². The second-order valence-electron chi connectivity index (χ2n) is 8.50. The minimum atomic E-state index is -0.984. The Morgan fingerprint density at radius 1 is 1.18 bits per heavy atom. The lowest BCUT2D eigenvalue weighted by atomic mass is 9.92. The zero-order valence-electron chi connectivity index (χ0n) is 19.3. The van der Waals surface area contributed by atoms with Crippen LogP contribution in [0.4, 0.5) is 17.5 Å². The van der Waals surface area contributed by atoms with Gasteiger partial charge in [0.25, 0.3) is 5.56 Å². The maximum atomic E-state index is 13.1. The highest BCUT2D eigenvalue weighted by Crippen LogP contribution is 2.31. The van der Waals surface area contributed by atoms with Gasteiger partial charge in [0.15, 0.2) is 0 Å². The third-order valence-corrected chi connectivity index (χ3v) is 6.29. The summed E-state index contributed by atoms with van der Waals surface area (Å²) in [4.78, 5) is 59.8. The van der Waals surface area contributed by atoms with Crippen LogP contribution in [0.2, 0.25) is 0 Å². The first-order valence-corrected chi connectivity index (χ1v) is 11.7. The van der Waals surface area contributed by atoms with Gasteiger partial charge in [-0.1, -0.05) is 6.92 Å². The molecule has 0 spiro atoms. The lowest BCUT2D eigenvalue weighted by Gasteiger charge is -2.36. The SMILES string of the molecule is CCOC(=O)c1ccc(NC(=O)C2CC(=O)Nc3nc(N4CCCCC4CC)[nH]c(=O)c32)cc1. The Hall–Kier alpha value is -3.69. The van der Waals surface area contributed by atoms with Gasteiger partial charge >= 0.3 is 5.97 Å². The molecule has 0 saturated carbocycles. The number of H-pyrrole nitrogens is 1. The summed E-state index contributed by atoms with van der Waals surface area (Å²) in [5.74, 6) is -1.75. The van der Waals surface area contributed by atoms with Crippen LogP contribution < -0.4 is 21.1 Å². The molecule has 10 nitrogen and oxygen atoms in total. The van der Waals surface area contributed by atoms with Crippen LogP contribution in [-0.4, -0.2) is 46.9 Å². The van der Waals surface area contributed by atoms with Crippen LogP contribution in [0.5, 0.6) is 0 Å². The Bertz CT molecular complexity index is 1140. The van der Waals surface area contributed by atoms with E-state index >= 15 is 0 Å². The number of carbonyl (C=O) groups is 3. The fourth-order valence-corrected chi connectivity index (χ4v) is 4.56. The molecule has 1 saturated heterocycles. The molecular formula is C24H29N5O5. The van der Waals surface area contributed by atoms with Crippen molar-refractivity contribution in [3.63, 3.8) is 0 Å². The van der Waals surface area contributed by atoms with Crippen LogP contribution in [0.25, 0.3) is 0 Å². The van der Waals surface area contributed by atoms with Gasteiger partial charge in [-0.15, -0.1) is 0 Å². The molecule has 2 atom stereocenters. The molecule has 0 aliphatic carbocycles. The van der Waals surface area contributed by atoms with E-state index in [0.29, 0.717) is 17.2 Å². The number of amides is 2. The summed E-state index contributed by atoms with van der Waals surface area (Å²) in [5, 5.41) is 5.40. The Kier molecular flexibility index (Phi) is 6.95. The quantitative estimate of drug-likeness (QED) is 0.556. The Balaban J connectivity index is 1.57. The molecule has 34 heavy (non-hydrogen) atoms. The van der Waals surface area contributed by atoms with Crippen LogP contribution in [0.15, 0.2) is 29.1 Å². The van der Waals surface area contributed by atoms with Crippen LogP contribution in [0.1, 0.15) is 67.8 Å². The standard InChI is InChI=1S/C24H29N5O5/c1-3-16-7-5-6-12-29(16)24-27-20-19(22(32)28-24)17(13-18(30)26-20)21(31)25-15-10-8-14(9-11-15)23(33)34-4-2/h8-11,16-17H,3-7,12-13H2,1-2H3,(H,25,31)(H2,26,27,28,30,32). The first-order chi connectivity index (χ1) is 16.4. The number of piperidine rings is 1. The summed E-state index contributed by atoms with van der Waals surface area (Å²) >= 11 is 0. The Morgan fingerprint density at radius 3 is 2.65 bits per heavy atom. The fourth-order valence-electron chi connectivity index (χ4n) is 4.56. The van der Waals surface area contributed by atoms with E-state index in [1.165, 1.54) is 0 Å². The van der Waals surface area contributed by atoms with Crippen molar-refractivity contribution in [2.24, 2.45) is 0 Å². The summed E-state index contributed by atoms with van der Waals surface area (Å²) in [7, 11) is 0. The molecule has 180 valence electrons. The first kappa shape index (κ1) is 23.5. The first-order valence-electron chi connectivity index (χ1n) is 11.7. The number of benzene rings is 1. The van der Waals surface area contributed by atoms with E-state index in [2.05, 4.69) is 32.4 Å². The minimum Gasteiger partial charge on any atom is -0.462 e. The van der Waals surface area contributed by atoms with Crippen molar-refractivity contribution < 1.29 is 19.1 Å². The molecule has 2 aromatic rings. The molecule has 2 aliphatic heterocycles. The van der Waals surface area contributed by atoms with Gasteiger partial charge in [-0.2, -0.15) is 4.98 Å². The lowest BCUT2D eigenvalue weighted by molar-refractivity contribution is -0.123. The molecule has 3 heterocycles. The highest BCUT2D eigenvalue weighted by Gasteiger charge is 2.35. The predicted octanol–water partition coefficient (Wildman–Crippen LogP) is 2.78. The normalized spacial score (nSPS) is 19.7. The summed E-state index contributed by atoms with van der Waals surface area (Å²) < 4.78 is 4.96. The second kappa shape index (κ2) is 10.1.